The van der Waals surface area contributed by atoms with E-state index >= 15 is 0 Å². The Hall–Kier alpha value is -1.28. The van der Waals surface area contributed by atoms with Gasteiger partial charge in [0.05, 0.1) is 0 Å². The van der Waals surface area contributed by atoms with Crippen LogP contribution in [0.4, 0.5) is 0 Å². The number of benzene rings is 1. The summed E-state index contributed by atoms with van der Waals surface area (Å²) in [6.07, 6.45) is 4.39. The summed E-state index contributed by atoms with van der Waals surface area (Å²) in [5.41, 5.74) is 0.948. The van der Waals surface area contributed by atoms with Crippen molar-refractivity contribution in [2.75, 3.05) is 6.61 Å². The molecule has 2 nitrogen and oxygen atoms in total. The number of phenolic OH excluding ortho intramolecular Hbond substituents is 1. The van der Waals surface area contributed by atoms with Gasteiger partial charge in [0.25, 0.3) is 0 Å². The normalized spacial score (nSPS) is 10.8. The summed E-state index contributed by atoms with van der Waals surface area (Å²) in [6, 6.07) is 6.98. The van der Waals surface area contributed by atoms with E-state index in [4.69, 9.17) is 10.2 Å². The van der Waals surface area contributed by atoms with Gasteiger partial charge in [0, 0.05) is 6.61 Å². The summed E-state index contributed by atoms with van der Waals surface area (Å²) < 4.78 is 0. The Bertz CT molecular complexity index is 266. The van der Waals surface area contributed by atoms with Crippen molar-refractivity contribution in [1.29, 1.82) is 0 Å². The van der Waals surface area contributed by atoms with E-state index in [0.717, 1.165) is 5.56 Å². The molecule has 0 aromatic heterocycles. The quantitative estimate of drug-likeness (QED) is 0.715. The molecular formula is C10H12O2. The maximum Gasteiger partial charge on any atom is 0.116 e. The number of aliphatic hydroxyl groups excluding tert-OH is 1. The molecule has 1 rings (SSSR count). The Balaban J connectivity index is 2.63. The molecule has 1 aromatic carbocycles. The third-order valence-electron chi connectivity index (χ3n) is 1.48. The summed E-state index contributed by atoms with van der Waals surface area (Å²) in [5, 5.41) is 17.6. The molecule has 0 atom stereocenters. The van der Waals surface area contributed by atoms with E-state index < -0.39 is 0 Å². The molecule has 64 valence electrons. The fourth-order valence-electron chi connectivity index (χ4n) is 0.922. The van der Waals surface area contributed by atoms with E-state index in [0.29, 0.717) is 6.42 Å². The average Bonchev–Trinajstić information content (AvgIpc) is 2.05. The molecule has 0 fully saturated rings. The van der Waals surface area contributed by atoms with Gasteiger partial charge in [0.1, 0.15) is 5.75 Å². The molecule has 2 heteroatoms. The zero-order valence-corrected chi connectivity index (χ0v) is 6.77. The summed E-state index contributed by atoms with van der Waals surface area (Å²) in [7, 11) is 0. The smallest absolute Gasteiger partial charge is 0.116 e. The van der Waals surface area contributed by atoms with Crippen LogP contribution in [-0.4, -0.2) is 16.8 Å². The van der Waals surface area contributed by atoms with Crippen molar-refractivity contribution in [1.82, 2.24) is 0 Å². The lowest BCUT2D eigenvalue weighted by Gasteiger charge is -1.93. The molecule has 0 bridgehead atoms. The summed E-state index contributed by atoms with van der Waals surface area (Å²) >= 11 is 0. The van der Waals surface area contributed by atoms with Gasteiger partial charge in [-0.2, -0.15) is 0 Å². The van der Waals surface area contributed by atoms with Gasteiger partial charge in [-0.3, -0.25) is 0 Å². The second kappa shape index (κ2) is 4.57. The van der Waals surface area contributed by atoms with Crippen LogP contribution in [0.25, 0.3) is 6.08 Å². The number of aliphatic hydroxyl groups is 1. The fourth-order valence-corrected chi connectivity index (χ4v) is 0.922. The average molecular weight is 164 g/mol. The number of phenols is 1. The van der Waals surface area contributed by atoms with Crippen LogP contribution in [0, 0.1) is 0 Å². The van der Waals surface area contributed by atoms with E-state index in [9.17, 15) is 0 Å². The van der Waals surface area contributed by atoms with Gasteiger partial charge in [0.2, 0.25) is 0 Å². The van der Waals surface area contributed by atoms with Gasteiger partial charge < -0.3 is 10.2 Å². The zero-order chi connectivity index (χ0) is 8.81. The van der Waals surface area contributed by atoms with Gasteiger partial charge in [0.15, 0.2) is 0 Å². The Morgan fingerprint density at radius 1 is 1.33 bits per heavy atom. The molecule has 0 saturated heterocycles. The molecule has 0 heterocycles. The minimum absolute atomic E-state index is 0.162. The lowest BCUT2D eigenvalue weighted by molar-refractivity contribution is 0.303. The minimum Gasteiger partial charge on any atom is -0.508 e. The van der Waals surface area contributed by atoms with Gasteiger partial charge in [-0.15, -0.1) is 0 Å². The highest BCUT2D eigenvalue weighted by molar-refractivity contribution is 5.51. The number of aromatic hydroxyl groups is 1. The van der Waals surface area contributed by atoms with E-state index in [2.05, 4.69) is 0 Å². The van der Waals surface area contributed by atoms with Gasteiger partial charge in [-0.25, -0.2) is 0 Å². The first-order valence-corrected chi connectivity index (χ1v) is 3.89. The monoisotopic (exact) mass is 164 g/mol. The molecule has 0 aliphatic rings. The van der Waals surface area contributed by atoms with E-state index in [-0.39, 0.29) is 12.4 Å². The zero-order valence-electron chi connectivity index (χ0n) is 6.77. The maximum absolute atomic E-state index is 9.09. The fraction of sp³-hybridized carbons (Fsp3) is 0.200. The van der Waals surface area contributed by atoms with Crippen molar-refractivity contribution in [3.63, 3.8) is 0 Å². The molecular weight excluding hydrogens is 152 g/mol. The van der Waals surface area contributed by atoms with Crippen molar-refractivity contribution in [3.05, 3.63) is 35.9 Å². The molecule has 0 amide bonds. The van der Waals surface area contributed by atoms with Crippen LogP contribution < -0.4 is 0 Å². The lowest BCUT2D eigenvalue weighted by atomic mass is 10.2. The standard InChI is InChI=1S/C10H12O2/c11-7-2-1-4-9-5-3-6-10(12)8-9/h1,3-6,8,11-12H,2,7H2/b4-1-. The van der Waals surface area contributed by atoms with Crippen LogP contribution in [0.15, 0.2) is 30.3 Å². The second-order valence-corrected chi connectivity index (χ2v) is 2.51. The Morgan fingerprint density at radius 3 is 2.83 bits per heavy atom. The Morgan fingerprint density at radius 2 is 2.17 bits per heavy atom. The molecule has 12 heavy (non-hydrogen) atoms. The van der Waals surface area contributed by atoms with Crippen LogP contribution >= 0.6 is 0 Å². The van der Waals surface area contributed by atoms with Crippen molar-refractivity contribution < 1.29 is 10.2 Å². The highest BCUT2D eigenvalue weighted by atomic mass is 16.3. The van der Waals surface area contributed by atoms with Gasteiger partial charge >= 0.3 is 0 Å². The van der Waals surface area contributed by atoms with Crippen molar-refractivity contribution in [2.45, 2.75) is 6.42 Å². The molecule has 0 aliphatic carbocycles. The number of hydrogen-bond donors (Lipinski definition) is 2. The number of rotatable bonds is 3. The van der Waals surface area contributed by atoms with Crippen LogP contribution in [0.3, 0.4) is 0 Å². The molecule has 1 aromatic rings. The largest absolute Gasteiger partial charge is 0.508 e. The third-order valence-corrected chi connectivity index (χ3v) is 1.48. The summed E-state index contributed by atoms with van der Waals surface area (Å²) in [5.74, 6) is 0.265. The predicted molar refractivity (Wildman–Crippen MR) is 48.8 cm³/mol. The second-order valence-electron chi connectivity index (χ2n) is 2.51. The van der Waals surface area contributed by atoms with E-state index in [1.54, 1.807) is 18.2 Å². The highest BCUT2D eigenvalue weighted by Gasteiger charge is 1.87. The SMILES string of the molecule is OCC/C=C\c1cccc(O)c1. The van der Waals surface area contributed by atoms with Crippen molar-refractivity contribution in [2.24, 2.45) is 0 Å². The Kier molecular flexibility index (Phi) is 3.35. The molecule has 0 spiro atoms. The van der Waals surface area contributed by atoms with Crippen molar-refractivity contribution in [3.8, 4) is 5.75 Å². The maximum atomic E-state index is 9.09. The molecule has 2 N–H and O–H groups in total. The van der Waals surface area contributed by atoms with Gasteiger partial charge in [-0.1, -0.05) is 24.3 Å². The topological polar surface area (TPSA) is 40.5 Å². The molecule has 0 saturated carbocycles. The van der Waals surface area contributed by atoms with E-state index in [1.807, 2.05) is 18.2 Å². The third kappa shape index (κ3) is 2.76. The van der Waals surface area contributed by atoms with Crippen LogP contribution in [0.2, 0.25) is 0 Å². The van der Waals surface area contributed by atoms with Crippen LogP contribution in [0.1, 0.15) is 12.0 Å². The predicted octanol–water partition coefficient (Wildman–Crippen LogP) is 1.79. The van der Waals surface area contributed by atoms with Crippen LogP contribution in [-0.2, 0) is 0 Å². The molecule has 0 unspecified atom stereocenters. The summed E-state index contributed by atoms with van der Waals surface area (Å²) in [6.45, 7) is 0.162. The molecule has 0 radical (unpaired) electrons. The first-order chi connectivity index (χ1) is 5.83. The Labute approximate surface area is 71.8 Å². The lowest BCUT2D eigenvalue weighted by Crippen LogP contribution is -1.76. The minimum atomic E-state index is 0.162. The van der Waals surface area contributed by atoms with Gasteiger partial charge in [-0.05, 0) is 24.1 Å². The van der Waals surface area contributed by atoms with Crippen LogP contribution in [0.5, 0.6) is 5.75 Å². The van der Waals surface area contributed by atoms with E-state index in [1.165, 1.54) is 0 Å². The molecule has 0 aliphatic heterocycles. The van der Waals surface area contributed by atoms with Crippen molar-refractivity contribution >= 4 is 6.08 Å². The first kappa shape index (κ1) is 8.81. The number of hydrogen-bond acceptors (Lipinski definition) is 2. The highest BCUT2D eigenvalue weighted by Crippen LogP contribution is 2.11. The first-order valence-electron chi connectivity index (χ1n) is 3.89. The summed E-state index contributed by atoms with van der Waals surface area (Å²) in [4.78, 5) is 0.